The molecular formula is C23H39IN4O2. The van der Waals surface area contributed by atoms with Gasteiger partial charge in [0.25, 0.3) is 0 Å². The molecule has 0 spiro atoms. The Morgan fingerprint density at radius 3 is 2.47 bits per heavy atom. The van der Waals surface area contributed by atoms with Crippen LogP contribution in [0.25, 0.3) is 0 Å². The highest BCUT2D eigenvalue weighted by Crippen LogP contribution is 2.20. The first kappa shape index (κ1) is 26.5. The molecule has 0 atom stereocenters. The number of carbonyl (C=O) groups is 1. The number of nitrogens with zero attached hydrogens (tertiary/aromatic N) is 2. The number of guanidine groups is 1. The third-order valence-corrected chi connectivity index (χ3v) is 5.17. The molecule has 2 N–H and O–H groups in total. The van der Waals surface area contributed by atoms with Gasteiger partial charge in [0.2, 0.25) is 5.91 Å². The van der Waals surface area contributed by atoms with Crippen molar-refractivity contribution in [2.45, 2.75) is 46.5 Å². The SMILES string of the molecule is CCNC(=NCCc1ccc(OCC(C)C)cc1)N1CCC(CC(=O)NC)CC1.I. The van der Waals surface area contributed by atoms with Gasteiger partial charge in [0.15, 0.2) is 5.96 Å². The highest BCUT2D eigenvalue weighted by atomic mass is 127. The highest BCUT2D eigenvalue weighted by Gasteiger charge is 2.22. The van der Waals surface area contributed by atoms with Crippen LogP contribution in [-0.2, 0) is 11.2 Å². The number of aliphatic imine (C=N–C) groups is 1. The van der Waals surface area contributed by atoms with Crippen LogP contribution >= 0.6 is 24.0 Å². The van der Waals surface area contributed by atoms with Gasteiger partial charge in [-0.2, -0.15) is 0 Å². The Balaban J connectivity index is 0.00000450. The molecule has 1 fully saturated rings. The van der Waals surface area contributed by atoms with Gasteiger partial charge in [-0.1, -0.05) is 26.0 Å². The van der Waals surface area contributed by atoms with Crippen LogP contribution < -0.4 is 15.4 Å². The Hall–Kier alpha value is -1.51. The first-order chi connectivity index (χ1) is 14.0. The van der Waals surface area contributed by atoms with Crippen LogP contribution in [0, 0.1) is 11.8 Å². The first-order valence-electron chi connectivity index (χ1n) is 11.0. The molecular weight excluding hydrogens is 491 g/mol. The molecule has 0 aliphatic carbocycles. The van der Waals surface area contributed by atoms with Crippen molar-refractivity contribution in [1.29, 1.82) is 0 Å². The van der Waals surface area contributed by atoms with Gasteiger partial charge in [0.05, 0.1) is 6.61 Å². The maximum Gasteiger partial charge on any atom is 0.220 e. The molecule has 170 valence electrons. The standard InChI is InChI=1S/C23H38N4O2.HI/c1-5-25-23(27-14-11-20(12-15-27)16-22(28)24-4)26-13-10-19-6-8-21(9-7-19)29-17-18(2)3;/h6-9,18,20H,5,10-17H2,1-4H3,(H,24,28)(H,25,26);1H. The van der Waals surface area contributed by atoms with Crippen LogP contribution in [0.5, 0.6) is 5.75 Å². The van der Waals surface area contributed by atoms with E-state index in [9.17, 15) is 4.79 Å². The van der Waals surface area contributed by atoms with Crippen molar-refractivity contribution in [1.82, 2.24) is 15.5 Å². The first-order valence-corrected chi connectivity index (χ1v) is 11.0. The molecule has 1 saturated heterocycles. The molecule has 30 heavy (non-hydrogen) atoms. The molecule has 0 unspecified atom stereocenters. The highest BCUT2D eigenvalue weighted by molar-refractivity contribution is 14.0. The molecule has 7 heteroatoms. The average molecular weight is 530 g/mol. The van der Waals surface area contributed by atoms with Crippen LogP contribution in [0.4, 0.5) is 0 Å². The summed E-state index contributed by atoms with van der Waals surface area (Å²) >= 11 is 0. The summed E-state index contributed by atoms with van der Waals surface area (Å²) in [6.45, 7) is 10.7. The Bertz CT molecular complexity index is 641. The number of likely N-dealkylation sites (tertiary alicyclic amines) is 1. The van der Waals surface area contributed by atoms with Crippen molar-refractivity contribution in [2.24, 2.45) is 16.8 Å². The minimum atomic E-state index is 0. The summed E-state index contributed by atoms with van der Waals surface area (Å²) in [6, 6.07) is 8.35. The van der Waals surface area contributed by atoms with Crippen molar-refractivity contribution in [2.75, 3.05) is 39.8 Å². The lowest BCUT2D eigenvalue weighted by atomic mass is 9.93. The second-order valence-corrected chi connectivity index (χ2v) is 8.14. The Morgan fingerprint density at radius 1 is 1.23 bits per heavy atom. The monoisotopic (exact) mass is 530 g/mol. The van der Waals surface area contributed by atoms with Crippen molar-refractivity contribution in [3.05, 3.63) is 29.8 Å². The molecule has 0 radical (unpaired) electrons. The number of ether oxygens (including phenoxy) is 1. The third kappa shape index (κ3) is 9.53. The zero-order valence-electron chi connectivity index (χ0n) is 18.9. The second-order valence-electron chi connectivity index (χ2n) is 8.14. The fraction of sp³-hybridized carbons (Fsp3) is 0.652. The van der Waals surface area contributed by atoms with Gasteiger partial charge in [-0.25, -0.2) is 0 Å². The Morgan fingerprint density at radius 2 is 1.90 bits per heavy atom. The van der Waals surface area contributed by atoms with E-state index in [1.165, 1.54) is 5.56 Å². The minimum Gasteiger partial charge on any atom is -0.493 e. The van der Waals surface area contributed by atoms with Crippen LogP contribution in [0.1, 0.15) is 45.6 Å². The number of amides is 1. The van der Waals surface area contributed by atoms with Crippen molar-refractivity contribution < 1.29 is 9.53 Å². The summed E-state index contributed by atoms with van der Waals surface area (Å²) in [4.78, 5) is 18.8. The molecule has 0 saturated carbocycles. The summed E-state index contributed by atoms with van der Waals surface area (Å²) in [5.41, 5.74) is 1.27. The molecule has 1 amide bonds. The number of hydrogen-bond acceptors (Lipinski definition) is 3. The lowest BCUT2D eigenvalue weighted by Gasteiger charge is -2.34. The zero-order valence-corrected chi connectivity index (χ0v) is 21.3. The summed E-state index contributed by atoms with van der Waals surface area (Å²) in [5, 5.41) is 6.15. The van der Waals surface area contributed by atoms with E-state index in [1.54, 1.807) is 7.05 Å². The van der Waals surface area contributed by atoms with Gasteiger partial charge >= 0.3 is 0 Å². The lowest BCUT2D eigenvalue weighted by molar-refractivity contribution is -0.121. The van der Waals surface area contributed by atoms with Crippen LogP contribution in [0.3, 0.4) is 0 Å². The van der Waals surface area contributed by atoms with Crippen molar-refractivity contribution in [3.8, 4) is 5.75 Å². The van der Waals surface area contributed by atoms with E-state index in [4.69, 9.17) is 9.73 Å². The van der Waals surface area contributed by atoms with Crippen LogP contribution in [0.15, 0.2) is 29.3 Å². The average Bonchev–Trinajstić information content (AvgIpc) is 2.73. The topological polar surface area (TPSA) is 66.0 Å². The van der Waals surface area contributed by atoms with E-state index in [2.05, 4.69) is 48.4 Å². The minimum absolute atomic E-state index is 0. The Kier molecular flexibility index (Phi) is 12.8. The fourth-order valence-electron chi connectivity index (χ4n) is 3.45. The van der Waals surface area contributed by atoms with Gasteiger partial charge in [-0.3, -0.25) is 9.79 Å². The molecule has 0 aromatic heterocycles. The van der Waals surface area contributed by atoms with E-state index in [0.29, 0.717) is 18.3 Å². The summed E-state index contributed by atoms with van der Waals surface area (Å²) in [7, 11) is 1.71. The normalized spacial score (nSPS) is 15.0. The molecule has 0 bridgehead atoms. The van der Waals surface area contributed by atoms with Crippen molar-refractivity contribution in [3.63, 3.8) is 0 Å². The maximum atomic E-state index is 11.6. The van der Waals surface area contributed by atoms with E-state index in [1.807, 2.05) is 12.1 Å². The smallest absolute Gasteiger partial charge is 0.220 e. The number of benzene rings is 1. The molecule has 1 aliphatic rings. The molecule has 1 aromatic rings. The van der Waals surface area contributed by atoms with Crippen LogP contribution in [-0.4, -0.2) is 56.6 Å². The summed E-state index contributed by atoms with van der Waals surface area (Å²) in [5.74, 6) is 3.07. The number of carbonyl (C=O) groups excluding carboxylic acids is 1. The third-order valence-electron chi connectivity index (χ3n) is 5.17. The molecule has 2 rings (SSSR count). The number of halogens is 1. The van der Waals surface area contributed by atoms with Gasteiger partial charge in [-0.15, -0.1) is 24.0 Å². The predicted octanol–water partition coefficient (Wildman–Crippen LogP) is 3.70. The number of rotatable bonds is 9. The van der Waals surface area contributed by atoms with Gasteiger partial charge < -0.3 is 20.3 Å². The van der Waals surface area contributed by atoms with Crippen LogP contribution in [0.2, 0.25) is 0 Å². The van der Waals surface area contributed by atoms with E-state index in [0.717, 1.165) is 63.8 Å². The predicted molar refractivity (Wildman–Crippen MR) is 135 cm³/mol. The quantitative estimate of drug-likeness (QED) is 0.291. The van der Waals surface area contributed by atoms with E-state index < -0.39 is 0 Å². The maximum absolute atomic E-state index is 11.6. The molecule has 1 heterocycles. The van der Waals surface area contributed by atoms with Gasteiger partial charge in [0, 0.05) is 39.6 Å². The largest absolute Gasteiger partial charge is 0.493 e. The van der Waals surface area contributed by atoms with Gasteiger partial charge in [-0.05, 0) is 55.7 Å². The Labute approximate surface area is 199 Å². The summed E-state index contributed by atoms with van der Waals surface area (Å²) in [6.07, 6.45) is 3.62. The van der Waals surface area contributed by atoms with Crippen molar-refractivity contribution >= 4 is 35.8 Å². The van der Waals surface area contributed by atoms with E-state index in [-0.39, 0.29) is 29.9 Å². The summed E-state index contributed by atoms with van der Waals surface area (Å²) < 4.78 is 5.75. The fourth-order valence-corrected chi connectivity index (χ4v) is 3.45. The number of piperidine rings is 1. The zero-order chi connectivity index (χ0) is 21.1. The lowest BCUT2D eigenvalue weighted by Crippen LogP contribution is -2.46. The second kappa shape index (κ2) is 14.5. The molecule has 1 aromatic carbocycles. The molecule has 6 nitrogen and oxygen atoms in total. The molecule has 1 aliphatic heterocycles. The number of hydrogen-bond donors (Lipinski definition) is 2. The van der Waals surface area contributed by atoms with Gasteiger partial charge in [0.1, 0.15) is 5.75 Å². The number of nitrogens with one attached hydrogen (secondary N) is 2. The van der Waals surface area contributed by atoms with E-state index >= 15 is 0 Å².